The molecule has 2 nitrogen and oxygen atoms in total. The summed E-state index contributed by atoms with van der Waals surface area (Å²) in [7, 11) is 0. The molecule has 204 valence electrons. The predicted molar refractivity (Wildman–Crippen MR) is 176 cm³/mol. The first-order valence-electron chi connectivity index (χ1n) is 14.5. The van der Waals surface area contributed by atoms with E-state index in [2.05, 4.69) is 66.7 Å². The van der Waals surface area contributed by atoms with Crippen LogP contribution in [0.4, 0.5) is 4.39 Å². The van der Waals surface area contributed by atoms with Crippen LogP contribution in [0.25, 0.3) is 77.2 Å². The van der Waals surface area contributed by atoms with Crippen LogP contribution in [0, 0.1) is 22.7 Å². The summed E-state index contributed by atoms with van der Waals surface area (Å²) in [4.78, 5) is 0. The standard InChI is InChI=1S/C41H23FN2/c42-22-28-16-17-32-39-33(19-18-31(38(28)39)25-10-4-1-5-11-25)41-37(27-14-8-3-9-15-27)35-21-30(24-44)29(23-43)20-34(35)36(40(32)41)26-12-6-2-7-13-26/h1-21H,22H2. The third kappa shape index (κ3) is 3.64. The summed E-state index contributed by atoms with van der Waals surface area (Å²) in [6.07, 6.45) is 0. The minimum atomic E-state index is -0.577. The van der Waals surface area contributed by atoms with Crippen molar-refractivity contribution in [3.63, 3.8) is 0 Å². The van der Waals surface area contributed by atoms with E-state index < -0.39 is 6.67 Å². The van der Waals surface area contributed by atoms with Gasteiger partial charge in [0.1, 0.15) is 18.8 Å². The lowest BCUT2D eigenvalue weighted by Crippen LogP contribution is -1.96. The summed E-state index contributed by atoms with van der Waals surface area (Å²) < 4.78 is 14.8. The van der Waals surface area contributed by atoms with Crippen LogP contribution in [0.1, 0.15) is 16.7 Å². The molecule has 8 rings (SSSR count). The van der Waals surface area contributed by atoms with Gasteiger partial charge in [0.15, 0.2) is 0 Å². The highest BCUT2D eigenvalue weighted by Crippen LogP contribution is 2.59. The first kappa shape index (κ1) is 25.7. The molecule has 3 heteroatoms. The van der Waals surface area contributed by atoms with Crippen LogP contribution in [0.15, 0.2) is 127 Å². The van der Waals surface area contributed by atoms with E-state index in [0.29, 0.717) is 16.7 Å². The third-order valence-electron chi connectivity index (χ3n) is 8.83. The zero-order valence-corrected chi connectivity index (χ0v) is 23.6. The SMILES string of the molecule is N#Cc1cc2c(-c3ccccc3)c3c(c(-c4ccccc4)c2cc1C#N)-c1ccc(-c2ccccc2)c2c(CF)ccc-3c12. The molecule has 0 saturated carbocycles. The third-order valence-corrected chi connectivity index (χ3v) is 8.83. The zero-order valence-electron chi connectivity index (χ0n) is 23.6. The van der Waals surface area contributed by atoms with Gasteiger partial charge in [-0.15, -0.1) is 0 Å². The minimum absolute atomic E-state index is 0.343. The number of benzene rings is 7. The van der Waals surface area contributed by atoms with Crippen molar-refractivity contribution in [3.05, 3.63) is 144 Å². The molecule has 44 heavy (non-hydrogen) atoms. The van der Waals surface area contributed by atoms with Crippen molar-refractivity contribution in [2.75, 3.05) is 0 Å². The maximum atomic E-state index is 14.8. The summed E-state index contributed by atoms with van der Waals surface area (Å²) in [5.41, 5.74) is 11.6. The second-order valence-electron chi connectivity index (χ2n) is 11.1. The van der Waals surface area contributed by atoms with Gasteiger partial charge in [-0.1, -0.05) is 115 Å². The van der Waals surface area contributed by atoms with Crippen molar-refractivity contribution in [1.82, 2.24) is 0 Å². The van der Waals surface area contributed by atoms with Crippen molar-refractivity contribution in [2.24, 2.45) is 0 Å². The molecular formula is C41H23FN2. The fourth-order valence-corrected chi connectivity index (χ4v) is 7.02. The van der Waals surface area contributed by atoms with E-state index in [1.165, 1.54) is 0 Å². The molecule has 0 bridgehead atoms. The number of alkyl halides is 1. The minimum Gasteiger partial charge on any atom is -0.246 e. The van der Waals surface area contributed by atoms with Crippen LogP contribution in [-0.4, -0.2) is 0 Å². The van der Waals surface area contributed by atoms with E-state index in [1.54, 1.807) is 0 Å². The largest absolute Gasteiger partial charge is 0.246 e. The van der Waals surface area contributed by atoms with Crippen molar-refractivity contribution >= 4 is 21.5 Å². The van der Waals surface area contributed by atoms with Crippen LogP contribution in [0.3, 0.4) is 0 Å². The molecular weight excluding hydrogens is 539 g/mol. The van der Waals surface area contributed by atoms with Gasteiger partial charge in [-0.2, -0.15) is 10.5 Å². The average Bonchev–Trinajstić information content (AvgIpc) is 3.42. The molecule has 0 unspecified atom stereocenters. The Morgan fingerprint density at radius 2 is 0.886 bits per heavy atom. The number of nitrogens with zero attached hydrogens (tertiary/aromatic N) is 2. The average molecular weight is 563 g/mol. The Balaban J connectivity index is 1.64. The van der Waals surface area contributed by atoms with E-state index in [-0.39, 0.29) is 0 Å². The summed E-state index contributed by atoms with van der Waals surface area (Å²) in [5.74, 6) is 0. The van der Waals surface area contributed by atoms with Gasteiger partial charge in [0, 0.05) is 0 Å². The molecule has 0 atom stereocenters. The first-order chi connectivity index (χ1) is 21.7. The second-order valence-corrected chi connectivity index (χ2v) is 11.1. The van der Waals surface area contributed by atoms with Gasteiger partial charge in [0.25, 0.3) is 0 Å². The zero-order chi connectivity index (χ0) is 29.8. The lowest BCUT2D eigenvalue weighted by Gasteiger charge is -2.21. The predicted octanol–water partition coefficient (Wildman–Crippen LogP) is 10.9. The van der Waals surface area contributed by atoms with E-state index in [4.69, 9.17) is 0 Å². The number of nitriles is 2. The van der Waals surface area contributed by atoms with Crippen molar-refractivity contribution in [1.29, 1.82) is 10.5 Å². The lowest BCUT2D eigenvalue weighted by atomic mass is 9.81. The molecule has 0 aromatic heterocycles. The topological polar surface area (TPSA) is 47.6 Å². The molecule has 0 aliphatic heterocycles. The number of halogens is 1. The Labute approximate surface area is 254 Å². The van der Waals surface area contributed by atoms with E-state index >= 15 is 0 Å². The van der Waals surface area contributed by atoms with Crippen molar-refractivity contribution in [3.8, 4) is 67.8 Å². The summed E-state index contributed by atoms with van der Waals surface area (Å²) in [5, 5.41) is 23.9. The number of hydrogen-bond acceptors (Lipinski definition) is 2. The Morgan fingerprint density at radius 3 is 1.34 bits per heavy atom. The molecule has 1 aliphatic carbocycles. The number of fused-ring (bicyclic) bond motifs is 4. The fraction of sp³-hybridized carbons (Fsp3) is 0.0244. The molecule has 0 radical (unpaired) electrons. The van der Waals surface area contributed by atoms with E-state index in [1.807, 2.05) is 72.8 Å². The summed E-state index contributed by atoms with van der Waals surface area (Å²) in [6, 6.07) is 47.1. The van der Waals surface area contributed by atoms with Gasteiger partial charge in [0.2, 0.25) is 0 Å². The summed E-state index contributed by atoms with van der Waals surface area (Å²) >= 11 is 0. The molecule has 0 fully saturated rings. The molecule has 7 aromatic rings. The Bertz CT molecular complexity index is 2250. The smallest absolute Gasteiger partial charge is 0.115 e. The molecule has 1 aliphatic rings. The Morgan fingerprint density at radius 1 is 0.455 bits per heavy atom. The van der Waals surface area contributed by atoms with Gasteiger partial charge in [-0.05, 0) is 94.9 Å². The van der Waals surface area contributed by atoms with Crippen LogP contribution in [0.2, 0.25) is 0 Å². The Hall–Kier alpha value is -6.03. The molecule has 0 amide bonds. The van der Waals surface area contributed by atoms with Gasteiger partial charge in [-0.3, -0.25) is 0 Å². The highest BCUT2D eigenvalue weighted by atomic mass is 19.1. The highest BCUT2D eigenvalue weighted by Gasteiger charge is 2.32. The van der Waals surface area contributed by atoms with Gasteiger partial charge in [0.05, 0.1) is 11.1 Å². The quantitative estimate of drug-likeness (QED) is 0.214. The molecule has 0 heterocycles. The van der Waals surface area contributed by atoms with Crippen LogP contribution in [0.5, 0.6) is 0 Å². The van der Waals surface area contributed by atoms with Gasteiger partial charge < -0.3 is 0 Å². The van der Waals surface area contributed by atoms with Gasteiger partial charge in [-0.25, -0.2) is 4.39 Å². The van der Waals surface area contributed by atoms with Gasteiger partial charge >= 0.3 is 0 Å². The normalized spacial score (nSPS) is 11.3. The van der Waals surface area contributed by atoms with Crippen LogP contribution in [-0.2, 0) is 6.67 Å². The van der Waals surface area contributed by atoms with Crippen LogP contribution >= 0.6 is 0 Å². The molecule has 7 aromatic carbocycles. The fourth-order valence-electron chi connectivity index (χ4n) is 7.02. The summed E-state index contributed by atoms with van der Waals surface area (Å²) in [6.45, 7) is -0.577. The molecule has 0 saturated heterocycles. The maximum Gasteiger partial charge on any atom is 0.115 e. The van der Waals surface area contributed by atoms with Crippen molar-refractivity contribution < 1.29 is 4.39 Å². The molecule has 0 spiro atoms. The number of hydrogen-bond donors (Lipinski definition) is 0. The maximum absolute atomic E-state index is 14.8. The monoisotopic (exact) mass is 562 g/mol. The second kappa shape index (κ2) is 10.1. The lowest BCUT2D eigenvalue weighted by molar-refractivity contribution is 0.488. The molecule has 0 N–H and O–H groups in total. The van der Waals surface area contributed by atoms with Crippen molar-refractivity contribution in [2.45, 2.75) is 6.67 Å². The van der Waals surface area contributed by atoms with E-state index in [0.717, 1.165) is 77.2 Å². The first-order valence-corrected chi connectivity index (χ1v) is 14.5. The van der Waals surface area contributed by atoms with Crippen LogP contribution < -0.4 is 0 Å². The van der Waals surface area contributed by atoms with E-state index in [9.17, 15) is 14.9 Å². The number of rotatable bonds is 4. The highest BCUT2D eigenvalue weighted by molar-refractivity contribution is 6.29. The Kier molecular flexibility index (Phi) is 5.86.